The van der Waals surface area contributed by atoms with Crippen molar-refractivity contribution < 1.29 is 13.4 Å². The highest BCUT2D eigenvalue weighted by atomic mass is 32.2. The zero-order chi connectivity index (χ0) is 14.4. The second-order valence-corrected chi connectivity index (χ2v) is 6.05. The molecule has 1 aromatic carbocycles. The van der Waals surface area contributed by atoms with Crippen LogP contribution in [0.25, 0.3) is 0 Å². The molecule has 3 N–H and O–H groups in total. The number of carbonyl (C=O) groups excluding carboxylic acids is 1. The minimum atomic E-state index is -1.19. The molecule has 0 aliphatic heterocycles. The first-order valence-corrected chi connectivity index (χ1v) is 7.61. The fourth-order valence-electron chi connectivity index (χ4n) is 1.47. The molecule has 106 valence electrons. The number of benzene rings is 1. The highest BCUT2D eigenvalue weighted by molar-refractivity contribution is 7.85. The van der Waals surface area contributed by atoms with E-state index in [-0.39, 0.29) is 17.3 Å². The molecule has 0 aliphatic rings. The van der Waals surface area contributed by atoms with Crippen LogP contribution >= 0.6 is 0 Å². The quantitative estimate of drug-likeness (QED) is 0.787. The van der Waals surface area contributed by atoms with Crippen LogP contribution in [0.3, 0.4) is 0 Å². The van der Waals surface area contributed by atoms with Crippen molar-refractivity contribution in [3.8, 4) is 0 Å². The summed E-state index contributed by atoms with van der Waals surface area (Å²) in [5.41, 5.74) is 6.07. The molecule has 6 heteroatoms. The average Bonchev–Trinajstić information content (AvgIpc) is 2.32. The molecular formula is C13H19FN2O2S. The summed E-state index contributed by atoms with van der Waals surface area (Å²) in [5, 5.41) is 2.54. The summed E-state index contributed by atoms with van der Waals surface area (Å²) in [6, 6.07) is 3.73. The number of nitrogens with two attached hydrogens (primary N) is 1. The lowest BCUT2D eigenvalue weighted by atomic mass is 10.2. The van der Waals surface area contributed by atoms with Crippen LogP contribution in [0.5, 0.6) is 0 Å². The molecule has 19 heavy (non-hydrogen) atoms. The number of nitrogens with one attached hydrogen (secondary N) is 1. The number of nitrogen functional groups attached to an aromatic ring is 1. The summed E-state index contributed by atoms with van der Waals surface area (Å²) in [4.78, 5) is 11.7. The molecule has 1 rings (SSSR count). The SMILES string of the molecule is CCC(C)CS(=O)CC(=O)Nc1ccc(F)cc1N. The van der Waals surface area contributed by atoms with Crippen molar-refractivity contribution in [1.29, 1.82) is 0 Å². The van der Waals surface area contributed by atoms with E-state index in [0.29, 0.717) is 17.4 Å². The van der Waals surface area contributed by atoms with Crippen LogP contribution in [-0.4, -0.2) is 21.6 Å². The van der Waals surface area contributed by atoms with Gasteiger partial charge in [0, 0.05) is 16.6 Å². The Labute approximate surface area is 115 Å². The third kappa shape index (κ3) is 5.38. The maximum absolute atomic E-state index is 12.8. The third-order valence-electron chi connectivity index (χ3n) is 2.75. The lowest BCUT2D eigenvalue weighted by Crippen LogP contribution is -2.23. The molecule has 4 nitrogen and oxygen atoms in total. The van der Waals surface area contributed by atoms with Gasteiger partial charge in [0.2, 0.25) is 5.91 Å². The largest absolute Gasteiger partial charge is 0.397 e. The summed E-state index contributed by atoms with van der Waals surface area (Å²) < 4.78 is 24.5. The topological polar surface area (TPSA) is 72.2 Å². The van der Waals surface area contributed by atoms with E-state index < -0.39 is 16.6 Å². The molecule has 0 spiro atoms. The van der Waals surface area contributed by atoms with E-state index in [1.54, 1.807) is 0 Å². The van der Waals surface area contributed by atoms with Crippen LogP contribution < -0.4 is 11.1 Å². The third-order valence-corrected chi connectivity index (χ3v) is 4.27. The van der Waals surface area contributed by atoms with Crippen LogP contribution in [0.15, 0.2) is 18.2 Å². The van der Waals surface area contributed by atoms with E-state index >= 15 is 0 Å². The number of amides is 1. The van der Waals surface area contributed by atoms with Gasteiger partial charge in [0.1, 0.15) is 11.6 Å². The maximum Gasteiger partial charge on any atom is 0.237 e. The Bertz CT molecular complexity index is 480. The smallest absolute Gasteiger partial charge is 0.237 e. The molecule has 0 heterocycles. The second-order valence-electron chi connectivity index (χ2n) is 4.54. The van der Waals surface area contributed by atoms with Crippen molar-refractivity contribution in [2.24, 2.45) is 5.92 Å². The highest BCUT2D eigenvalue weighted by Crippen LogP contribution is 2.18. The van der Waals surface area contributed by atoms with Gasteiger partial charge in [0.05, 0.1) is 11.4 Å². The van der Waals surface area contributed by atoms with Gasteiger partial charge in [-0.2, -0.15) is 0 Å². The molecule has 2 unspecified atom stereocenters. The molecule has 0 radical (unpaired) electrons. The molecule has 0 saturated heterocycles. The summed E-state index contributed by atoms with van der Waals surface area (Å²) in [7, 11) is -1.19. The second kappa shape index (κ2) is 7.23. The van der Waals surface area contributed by atoms with E-state index in [1.807, 2.05) is 13.8 Å². The Kier molecular flexibility index (Phi) is 5.95. The summed E-state index contributed by atoms with van der Waals surface area (Å²) >= 11 is 0. The molecule has 0 aromatic heterocycles. The van der Waals surface area contributed by atoms with Crippen molar-refractivity contribution in [2.75, 3.05) is 22.6 Å². The zero-order valence-corrected chi connectivity index (χ0v) is 11.9. The first kappa shape index (κ1) is 15.6. The number of carbonyl (C=O) groups is 1. The fourth-order valence-corrected chi connectivity index (χ4v) is 2.83. The van der Waals surface area contributed by atoms with Gasteiger partial charge in [-0.15, -0.1) is 0 Å². The Hall–Kier alpha value is -1.43. The van der Waals surface area contributed by atoms with Crippen LogP contribution in [0.2, 0.25) is 0 Å². The van der Waals surface area contributed by atoms with Gasteiger partial charge in [0.15, 0.2) is 0 Å². The van der Waals surface area contributed by atoms with E-state index in [4.69, 9.17) is 5.73 Å². The van der Waals surface area contributed by atoms with Crippen LogP contribution in [0.1, 0.15) is 20.3 Å². The van der Waals surface area contributed by atoms with Crippen LogP contribution in [0, 0.1) is 11.7 Å². The Morgan fingerprint density at radius 3 is 2.79 bits per heavy atom. The number of rotatable bonds is 6. The van der Waals surface area contributed by atoms with Crippen molar-refractivity contribution in [3.05, 3.63) is 24.0 Å². The molecular weight excluding hydrogens is 267 g/mol. The van der Waals surface area contributed by atoms with Gasteiger partial charge in [0.25, 0.3) is 0 Å². The number of anilines is 2. The standard InChI is InChI=1S/C13H19FN2O2S/c1-3-9(2)7-19(18)8-13(17)16-12-5-4-10(14)6-11(12)15/h4-6,9H,3,7-8,15H2,1-2H3,(H,16,17). The zero-order valence-electron chi connectivity index (χ0n) is 11.1. The molecule has 1 amide bonds. The predicted octanol–water partition coefficient (Wildman–Crippen LogP) is 2.14. The van der Waals surface area contributed by atoms with E-state index in [1.165, 1.54) is 12.1 Å². The first-order chi connectivity index (χ1) is 8.92. The van der Waals surface area contributed by atoms with Crippen LogP contribution in [0.4, 0.5) is 15.8 Å². The minimum Gasteiger partial charge on any atom is -0.397 e. The molecule has 2 atom stereocenters. The monoisotopic (exact) mass is 286 g/mol. The minimum absolute atomic E-state index is 0.0683. The lowest BCUT2D eigenvalue weighted by molar-refractivity contribution is -0.113. The van der Waals surface area contributed by atoms with Crippen molar-refractivity contribution in [3.63, 3.8) is 0 Å². The molecule has 0 aliphatic carbocycles. The Morgan fingerprint density at radius 2 is 2.21 bits per heavy atom. The first-order valence-electron chi connectivity index (χ1n) is 6.12. The fraction of sp³-hybridized carbons (Fsp3) is 0.462. The van der Waals surface area contributed by atoms with Crippen molar-refractivity contribution in [1.82, 2.24) is 0 Å². The number of halogens is 1. The molecule has 0 fully saturated rings. The van der Waals surface area contributed by atoms with E-state index in [9.17, 15) is 13.4 Å². The van der Waals surface area contributed by atoms with Crippen LogP contribution in [-0.2, 0) is 15.6 Å². The van der Waals surface area contributed by atoms with E-state index in [2.05, 4.69) is 5.32 Å². The molecule has 0 saturated carbocycles. The molecule has 1 aromatic rings. The number of hydrogen-bond acceptors (Lipinski definition) is 3. The van der Waals surface area contributed by atoms with Crippen molar-refractivity contribution in [2.45, 2.75) is 20.3 Å². The lowest BCUT2D eigenvalue weighted by Gasteiger charge is -2.10. The van der Waals surface area contributed by atoms with Gasteiger partial charge in [-0.25, -0.2) is 4.39 Å². The Balaban J connectivity index is 2.53. The van der Waals surface area contributed by atoms with E-state index in [0.717, 1.165) is 12.5 Å². The van der Waals surface area contributed by atoms with Gasteiger partial charge in [-0.05, 0) is 24.1 Å². The normalized spacial score (nSPS) is 13.8. The van der Waals surface area contributed by atoms with Gasteiger partial charge in [-0.3, -0.25) is 9.00 Å². The summed E-state index contributed by atoms with van der Waals surface area (Å²) in [5.74, 6) is -0.0791. The molecule has 0 bridgehead atoms. The van der Waals surface area contributed by atoms with Gasteiger partial charge in [-0.1, -0.05) is 20.3 Å². The van der Waals surface area contributed by atoms with Gasteiger partial charge >= 0.3 is 0 Å². The van der Waals surface area contributed by atoms with Crippen molar-refractivity contribution >= 4 is 28.1 Å². The average molecular weight is 286 g/mol. The Morgan fingerprint density at radius 1 is 1.53 bits per heavy atom. The van der Waals surface area contributed by atoms with Gasteiger partial charge < -0.3 is 11.1 Å². The number of hydrogen-bond donors (Lipinski definition) is 2. The predicted molar refractivity (Wildman–Crippen MR) is 76.8 cm³/mol. The summed E-state index contributed by atoms with van der Waals surface area (Å²) in [6.45, 7) is 4.01. The summed E-state index contributed by atoms with van der Waals surface area (Å²) in [6.07, 6.45) is 0.929. The maximum atomic E-state index is 12.8. The highest BCUT2D eigenvalue weighted by Gasteiger charge is 2.12.